The maximum atomic E-state index is 10.4. The Morgan fingerprint density at radius 1 is 1.55 bits per heavy atom. The van der Waals surface area contributed by atoms with Gasteiger partial charge < -0.3 is 10.4 Å². The Balaban J connectivity index is 2.22. The zero-order valence-electron chi connectivity index (χ0n) is 14.3. The SMILES string of the molecule is Cc1c2c(nn1C(C)C(C)(C)CCNC=O)CC(O)N(C)C2. The molecular weight excluding hydrogens is 280 g/mol. The van der Waals surface area contributed by atoms with E-state index in [4.69, 9.17) is 5.10 Å². The highest BCUT2D eigenvalue weighted by molar-refractivity contribution is 5.45. The minimum atomic E-state index is -0.449. The van der Waals surface area contributed by atoms with E-state index in [0.717, 1.165) is 25.1 Å². The molecule has 6 nitrogen and oxygen atoms in total. The van der Waals surface area contributed by atoms with Gasteiger partial charge in [-0.15, -0.1) is 0 Å². The number of carbonyl (C=O) groups is 1. The fourth-order valence-corrected chi connectivity index (χ4v) is 3.04. The molecule has 0 aliphatic carbocycles. The first kappa shape index (κ1) is 17.0. The lowest BCUT2D eigenvalue weighted by Gasteiger charge is -2.33. The third-order valence-corrected chi connectivity index (χ3v) is 5.14. The topological polar surface area (TPSA) is 70.4 Å². The van der Waals surface area contributed by atoms with Gasteiger partial charge in [0.2, 0.25) is 6.41 Å². The van der Waals surface area contributed by atoms with Gasteiger partial charge in [0.25, 0.3) is 0 Å². The van der Waals surface area contributed by atoms with Gasteiger partial charge in [-0.05, 0) is 32.7 Å². The molecule has 0 radical (unpaired) electrons. The Kier molecular flexibility index (Phi) is 4.92. The van der Waals surface area contributed by atoms with Crippen molar-refractivity contribution in [3.8, 4) is 0 Å². The average molecular weight is 308 g/mol. The predicted molar refractivity (Wildman–Crippen MR) is 85.3 cm³/mol. The van der Waals surface area contributed by atoms with Crippen molar-refractivity contribution in [2.45, 2.75) is 59.4 Å². The van der Waals surface area contributed by atoms with Gasteiger partial charge in [-0.2, -0.15) is 5.10 Å². The lowest BCUT2D eigenvalue weighted by molar-refractivity contribution is -0.109. The van der Waals surface area contributed by atoms with Gasteiger partial charge in [0, 0.05) is 30.8 Å². The maximum Gasteiger partial charge on any atom is 0.207 e. The first-order valence-electron chi connectivity index (χ1n) is 7.90. The van der Waals surface area contributed by atoms with E-state index in [-0.39, 0.29) is 11.5 Å². The van der Waals surface area contributed by atoms with Crippen molar-refractivity contribution >= 4 is 6.41 Å². The highest BCUT2D eigenvalue weighted by atomic mass is 16.3. The van der Waals surface area contributed by atoms with Gasteiger partial charge in [-0.1, -0.05) is 13.8 Å². The Bertz CT molecular complexity index is 538. The molecule has 2 atom stereocenters. The number of nitrogens with one attached hydrogen (secondary N) is 1. The van der Waals surface area contributed by atoms with Crippen LogP contribution in [0.15, 0.2) is 0 Å². The van der Waals surface area contributed by atoms with Crippen LogP contribution >= 0.6 is 0 Å². The van der Waals surface area contributed by atoms with Crippen molar-refractivity contribution in [3.63, 3.8) is 0 Å². The van der Waals surface area contributed by atoms with E-state index in [2.05, 4.69) is 37.7 Å². The van der Waals surface area contributed by atoms with E-state index < -0.39 is 6.23 Å². The number of amides is 1. The highest BCUT2D eigenvalue weighted by Gasteiger charge is 2.32. The maximum absolute atomic E-state index is 10.4. The predicted octanol–water partition coefficient (Wildman–Crippen LogP) is 1.22. The standard InChI is InChI=1S/C16H28N4O2/c1-11-13-9-19(5)15(22)8-14(13)18-20(11)12(2)16(3,4)6-7-17-10-21/h10,12,15,22H,6-9H2,1-5H3,(H,17,21). The number of aliphatic hydroxyl groups excluding tert-OH is 1. The molecule has 0 spiro atoms. The number of hydrogen-bond acceptors (Lipinski definition) is 4. The number of rotatable bonds is 6. The third-order valence-electron chi connectivity index (χ3n) is 5.14. The summed E-state index contributed by atoms with van der Waals surface area (Å²) in [6.45, 7) is 10.1. The summed E-state index contributed by atoms with van der Waals surface area (Å²) in [5, 5.41) is 17.5. The molecule has 0 bridgehead atoms. The Labute approximate surface area is 132 Å². The van der Waals surface area contributed by atoms with Gasteiger partial charge in [-0.3, -0.25) is 14.4 Å². The second-order valence-corrected chi connectivity index (χ2v) is 7.04. The smallest absolute Gasteiger partial charge is 0.207 e. The number of nitrogens with zero attached hydrogens (tertiary/aromatic N) is 3. The number of aromatic nitrogens is 2. The van der Waals surface area contributed by atoms with Crippen LogP contribution in [0.3, 0.4) is 0 Å². The molecule has 1 aliphatic heterocycles. The van der Waals surface area contributed by atoms with Crippen molar-refractivity contribution in [1.82, 2.24) is 20.0 Å². The summed E-state index contributed by atoms with van der Waals surface area (Å²) >= 11 is 0. The van der Waals surface area contributed by atoms with E-state index in [1.165, 1.54) is 11.3 Å². The molecule has 1 aliphatic rings. The Morgan fingerprint density at radius 2 is 2.23 bits per heavy atom. The van der Waals surface area contributed by atoms with E-state index in [1.807, 2.05) is 11.9 Å². The quantitative estimate of drug-likeness (QED) is 0.612. The molecule has 0 fully saturated rings. The molecule has 1 aromatic rings. The Morgan fingerprint density at radius 3 is 2.86 bits per heavy atom. The number of hydrogen-bond donors (Lipinski definition) is 2. The summed E-state index contributed by atoms with van der Waals surface area (Å²) in [4.78, 5) is 12.4. The zero-order chi connectivity index (χ0) is 16.5. The molecule has 1 amide bonds. The summed E-state index contributed by atoms with van der Waals surface area (Å²) in [5.41, 5.74) is 3.44. The first-order valence-corrected chi connectivity index (χ1v) is 7.90. The van der Waals surface area contributed by atoms with Crippen molar-refractivity contribution in [1.29, 1.82) is 0 Å². The number of aliphatic hydroxyl groups is 1. The molecule has 0 saturated heterocycles. The summed E-state index contributed by atoms with van der Waals surface area (Å²) in [7, 11) is 1.93. The molecule has 2 unspecified atom stereocenters. The van der Waals surface area contributed by atoms with Crippen LogP contribution in [-0.2, 0) is 17.8 Å². The molecule has 0 aromatic carbocycles. The van der Waals surface area contributed by atoms with Crippen LogP contribution in [0.5, 0.6) is 0 Å². The molecule has 22 heavy (non-hydrogen) atoms. The van der Waals surface area contributed by atoms with E-state index in [1.54, 1.807) is 0 Å². The van der Waals surface area contributed by atoms with Gasteiger partial charge in [0.15, 0.2) is 0 Å². The number of fused-ring (bicyclic) bond motifs is 1. The number of likely N-dealkylation sites (N-methyl/N-ethyl adjacent to an activating group) is 1. The minimum absolute atomic E-state index is 0.0138. The van der Waals surface area contributed by atoms with Crippen molar-refractivity contribution in [3.05, 3.63) is 17.0 Å². The fourth-order valence-electron chi connectivity index (χ4n) is 3.04. The van der Waals surface area contributed by atoms with Crippen molar-refractivity contribution < 1.29 is 9.90 Å². The molecule has 2 heterocycles. The van der Waals surface area contributed by atoms with Crippen molar-refractivity contribution in [2.24, 2.45) is 5.41 Å². The third kappa shape index (κ3) is 3.17. The van der Waals surface area contributed by atoms with Crippen LogP contribution in [-0.4, -0.2) is 46.0 Å². The van der Waals surface area contributed by atoms with Crippen LogP contribution in [0, 0.1) is 12.3 Å². The molecule has 0 saturated carbocycles. The molecule has 2 N–H and O–H groups in total. The minimum Gasteiger partial charge on any atom is -0.378 e. The average Bonchev–Trinajstić information content (AvgIpc) is 2.76. The van der Waals surface area contributed by atoms with Gasteiger partial charge in [0.1, 0.15) is 6.23 Å². The van der Waals surface area contributed by atoms with Gasteiger partial charge >= 0.3 is 0 Å². The van der Waals surface area contributed by atoms with Crippen LogP contribution in [0.1, 0.15) is 50.2 Å². The lowest BCUT2D eigenvalue weighted by atomic mass is 9.82. The molecule has 6 heteroatoms. The summed E-state index contributed by atoms with van der Waals surface area (Å²) in [6, 6.07) is 0.217. The molecular formula is C16H28N4O2. The van der Waals surface area contributed by atoms with Crippen LogP contribution < -0.4 is 5.32 Å². The first-order chi connectivity index (χ1) is 10.3. The van der Waals surface area contributed by atoms with Gasteiger partial charge in [-0.25, -0.2) is 0 Å². The summed E-state index contributed by atoms with van der Waals surface area (Å²) in [6.07, 6.45) is 1.77. The summed E-state index contributed by atoms with van der Waals surface area (Å²) < 4.78 is 2.09. The zero-order valence-corrected chi connectivity index (χ0v) is 14.3. The lowest BCUT2D eigenvalue weighted by Crippen LogP contribution is -2.37. The van der Waals surface area contributed by atoms with E-state index in [9.17, 15) is 9.90 Å². The second kappa shape index (κ2) is 6.38. The highest BCUT2D eigenvalue weighted by Crippen LogP contribution is 2.36. The number of carbonyl (C=O) groups excluding carboxylic acids is 1. The van der Waals surface area contributed by atoms with Crippen LogP contribution in [0.4, 0.5) is 0 Å². The van der Waals surface area contributed by atoms with Gasteiger partial charge in [0.05, 0.1) is 11.7 Å². The Hall–Kier alpha value is -1.40. The normalized spacial score (nSPS) is 20.5. The largest absolute Gasteiger partial charge is 0.378 e. The molecule has 124 valence electrons. The van der Waals surface area contributed by atoms with Crippen molar-refractivity contribution in [2.75, 3.05) is 13.6 Å². The monoisotopic (exact) mass is 308 g/mol. The van der Waals surface area contributed by atoms with Crippen LogP contribution in [0.2, 0.25) is 0 Å². The van der Waals surface area contributed by atoms with E-state index >= 15 is 0 Å². The second-order valence-electron chi connectivity index (χ2n) is 7.04. The van der Waals surface area contributed by atoms with E-state index in [0.29, 0.717) is 13.0 Å². The molecule has 2 rings (SSSR count). The summed E-state index contributed by atoms with van der Waals surface area (Å²) in [5.74, 6) is 0. The molecule has 1 aromatic heterocycles. The fraction of sp³-hybridized carbons (Fsp3) is 0.750. The van der Waals surface area contributed by atoms with Crippen LogP contribution in [0.25, 0.3) is 0 Å².